The molecule has 0 atom stereocenters. The number of anilines is 4. The highest BCUT2D eigenvalue weighted by Crippen LogP contribution is 2.32. The molecule has 1 aromatic heterocycles. The monoisotopic (exact) mass is 352 g/mol. The molecule has 0 aliphatic carbocycles. The molecule has 3 N–H and O–H groups in total. The Bertz CT molecular complexity index is 700. The maximum atomic E-state index is 6.26. The van der Waals surface area contributed by atoms with Crippen molar-refractivity contribution in [2.45, 2.75) is 0 Å². The molecule has 23 heavy (non-hydrogen) atoms. The van der Waals surface area contributed by atoms with E-state index in [1.54, 1.807) is 18.2 Å². The van der Waals surface area contributed by atoms with E-state index in [0.717, 1.165) is 32.0 Å². The minimum atomic E-state index is 0.511. The summed E-state index contributed by atoms with van der Waals surface area (Å²) in [5.41, 5.74) is 7.48. The zero-order valence-electron chi connectivity index (χ0n) is 12.8. The fourth-order valence-electron chi connectivity index (χ4n) is 2.47. The van der Waals surface area contributed by atoms with Gasteiger partial charge in [0.1, 0.15) is 12.0 Å². The second-order valence-electron chi connectivity index (χ2n) is 5.50. The van der Waals surface area contributed by atoms with Gasteiger partial charge in [-0.25, -0.2) is 9.97 Å². The molecule has 1 aromatic carbocycles. The molecule has 0 amide bonds. The van der Waals surface area contributed by atoms with Crippen LogP contribution < -0.4 is 16.0 Å². The highest BCUT2D eigenvalue weighted by molar-refractivity contribution is 6.36. The molecule has 1 aliphatic heterocycles. The fraction of sp³-hybridized carbons (Fsp3) is 0.333. The van der Waals surface area contributed by atoms with E-state index >= 15 is 0 Å². The topological polar surface area (TPSA) is 70.3 Å². The van der Waals surface area contributed by atoms with Crippen LogP contribution in [0, 0.1) is 0 Å². The van der Waals surface area contributed by atoms with Gasteiger partial charge in [-0.05, 0) is 25.2 Å². The molecule has 6 nitrogen and oxygen atoms in total. The number of rotatable bonds is 3. The minimum absolute atomic E-state index is 0.511. The van der Waals surface area contributed by atoms with Crippen LogP contribution in [0.5, 0.6) is 0 Å². The molecule has 0 unspecified atom stereocenters. The maximum Gasteiger partial charge on any atom is 0.159 e. The Morgan fingerprint density at radius 3 is 2.57 bits per heavy atom. The second-order valence-corrected chi connectivity index (χ2v) is 6.34. The van der Waals surface area contributed by atoms with Crippen molar-refractivity contribution in [2.24, 2.45) is 0 Å². The fourth-order valence-corrected chi connectivity index (χ4v) is 2.93. The van der Waals surface area contributed by atoms with Gasteiger partial charge in [0.05, 0.1) is 10.7 Å². The first-order valence-electron chi connectivity index (χ1n) is 7.30. The Morgan fingerprint density at radius 1 is 1.13 bits per heavy atom. The van der Waals surface area contributed by atoms with Crippen LogP contribution in [0.4, 0.5) is 23.0 Å². The third-order valence-corrected chi connectivity index (χ3v) is 4.40. The maximum absolute atomic E-state index is 6.26. The molecule has 1 aliphatic rings. The normalized spacial score (nSPS) is 15.7. The third kappa shape index (κ3) is 3.60. The standard InChI is InChI=1S/C15H18Cl2N6/c1-22-4-6-23(7-5-22)15-13(18)14(19-9-20-15)21-12-3-2-10(16)8-11(12)17/h2-3,8-9H,4-7,18H2,1H3,(H,19,20,21). The number of piperazine rings is 1. The lowest BCUT2D eigenvalue weighted by Crippen LogP contribution is -2.45. The molecule has 8 heteroatoms. The van der Waals surface area contributed by atoms with Crippen molar-refractivity contribution in [1.82, 2.24) is 14.9 Å². The van der Waals surface area contributed by atoms with Crippen LogP contribution in [-0.4, -0.2) is 48.1 Å². The summed E-state index contributed by atoms with van der Waals surface area (Å²) in [6.07, 6.45) is 1.51. The molecule has 2 heterocycles. The molecule has 2 aromatic rings. The van der Waals surface area contributed by atoms with Crippen LogP contribution in [0.1, 0.15) is 0 Å². The summed E-state index contributed by atoms with van der Waals surface area (Å²) in [6.45, 7) is 3.74. The molecule has 3 rings (SSSR count). The predicted octanol–water partition coefficient (Wildman–Crippen LogP) is 2.86. The van der Waals surface area contributed by atoms with Crippen molar-refractivity contribution in [3.8, 4) is 0 Å². The van der Waals surface area contributed by atoms with E-state index in [9.17, 15) is 0 Å². The zero-order valence-corrected chi connectivity index (χ0v) is 14.3. The van der Waals surface area contributed by atoms with Crippen molar-refractivity contribution in [1.29, 1.82) is 0 Å². The van der Waals surface area contributed by atoms with E-state index in [4.69, 9.17) is 28.9 Å². The number of nitrogens with two attached hydrogens (primary N) is 1. The average Bonchev–Trinajstić information content (AvgIpc) is 2.53. The number of nitrogens with zero attached hydrogens (tertiary/aromatic N) is 4. The summed E-state index contributed by atoms with van der Waals surface area (Å²) in [7, 11) is 2.11. The van der Waals surface area contributed by atoms with Crippen LogP contribution in [0.25, 0.3) is 0 Å². The van der Waals surface area contributed by atoms with E-state index in [1.165, 1.54) is 6.33 Å². The number of nitrogen functional groups attached to an aromatic ring is 1. The Kier molecular flexibility index (Phi) is 4.75. The lowest BCUT2D eigenvalue weighted by molar-refractivity contribution is 0.312. The molecule has 1 fully saturated rings. The first-order chi connectivity index (χ1) is 11.0. The summed E-state index contributed by atoms with van der Waals surface area (Å²) in [5, 5.41) is 4.24. The van der Waals surface area contributed by atoms with E-state index in [1.807, 2.05) is 0 Å². The summed E-state index contributed by atoms with van der Waals surface area (Å²) >= 11 is 12.1. The largest absolute Gasteiger partial charge is 0.393 e. The van der Waals surface area contributed by atoms with E-state index in [-0.39, 0.29) is 0 Å². The number of aromatic nitrogens is 2. The first kappa shape index (κ1) is 16.1. The molecule has 0 bridgehead atoms. The van der Waals surface area contributed by atoms with E-state index in [0.29, 0.717) is 27.2 Å². The number of nitrogens with one attached hydrogen (secondary N) is 1. The van der Waals surface area contributed by atoms with Gasteiger partial charge in [-0.15, -0.1) is 0 Å². The highest BCUT2D eigenvalue weighted by atomic mass is 35.5. The lowest BCUT2D eigenvalue weighted by Gasteiger charge is -2.33. The molecule has 122 valence electrons. The van der Waals surface area contributed by atoms with Crippen molar-refractivity contribution in [3.63, 3.8) is 0 Å². The quantitative estimate of drug-likeness (QED) is 0.884. The number of hydrogen-bond acceptors (Lipinski definition) is 6. The average molecular weight is 353 g/mol. The molecule has 1 saturated heterocycles. The van der Waals surface area contributed by atoms with Crippen LogP contribution in [-0.2, 0) is 0 Å². The van der Waals surface area contributed by atoms with Crippen molar-refractivity contribution < 1.29 is 0 Å². The molecule has 0 spiro atoms. The third-order valence-electron chi connectivity index (χ3n) is 3.85. The van der Waals surface area contributed by atoms with Gasteiger partial charge in [0.2, 0.25) is 0 Å². The van der Waals surface area contributed by atoms with Gasteiger partial charge in [-0.3, -0.25) is 0 Å². The zero-order chi connectivity index (χ0) is 16.4. The van der Waals surface area contributed by atoms with E-state index in [2.05, 4.69) is 32.1 Å². The predicted molar refractivity (Wildman–Crippen MR) is 95.9 cm³/mol. The number of hydrogen-bond donors (Lipinski definition) is 2. The molecular weight excluding hydrogens is 335 g/mol. The van der Waals surface area contributed by atoms with E-state index < -0.39 is 0 Å². The van der Waals surface area contributed by atoms with Crippen LogP contribution in [0.2, 0.25) is 10.0 Å². The van der Waals surface area contributed by atoms with Gasteiger partial charge < -0.3 is 20.9 Å². The van der Waals surface area contributed by atoms with Crippen LogP contribution in [0.15, 0.2) is 24.5 Å². The Labute approximate surface area is 145 Å². The molecule has 0 saturated carbocycles. The minimum Gasteiger partial charge on any atom is -0.393 e. The Hall–Kier alpha value is -1.76. The van der Waals surface area contributed by atoms with Gasteiger partial charge in [-0.2, -0.15) is 0 Å². The number of halogens is 2. The van der Waals surface area contributed by atoms with Gasteiger partial charge in [0.25, 0.3) is 0 Å². The first-order valence-corrected chi connectivity index (χ1v) is 8.06. The van der Waals surface area contributed by atoms with Crippen molar-refractivity contribution >= 4 is 46.2 Å². The Morgan fingerprint density at radius 2 is 1.87 bits per heavy atom. The van der Waals surface area contributed by atoms with Crippen molar-refractivity contribution in [3.05, 3.63) is 34.6 Å². The summed E-state index contributed by atoms with van der Waals surface area (Å²) in [5.74, 6) is 1.29. The summed E-state index contributed by atoms with van der Waals surface area (Å²) in [6, 6.07) is 5.22. The smallest absolute Gasteiger partial charge is 0.159 e. The van der Waals surface area contributed by atoms with Gasteiger partial charge >= 0.3 is 0 Å². The second kappa shape index (κ2) is 6.78. The summed E-state index contributed by atoms with van der Waals surface area (Å²) < 4.78 is 0. The van der Waals surface area contributed by atoms with Crippen LogP contribution in [0.3, 0.4) is 0 Å². The van der Waals surface area contributed by atoms with Crippen molar-refractivity contribution in [2.75, 3.05) is 49.2 Å². The molecule has 0 radical (unpaired) electrons. The summed E-state index contributed by atoms with van der Waals surface area (Å²) in [4.78, 5) is 13.0. The van der Waals surface area contributed by atoms with Gasteiger partial charge in [0.15, 0.2) is 11.6 Å². The van der Waals surface area contributed by atoms with Gasteiger partial charge in [-0.1, -0.05) is 23.2 Å². The number of likely N-dealkylation sites (N-methyl/N-ethyl adjacent to an activating group) is 1. The highest BCUT2D eigenvalue weighted by Gasteiger charge is 2.19. The van der Waals surface area contributed by atoms with Crippen LogP contribution >= 0.6 is 23.2 Å². The molecular formula is C15H18Cl2N6. The SMILES string of the molecule is CN1CCN(c2ncnc(Nc3ccc(Cl)cc3Cl)c2N)CC1. The lowest BCUT2D eigenvalue weighted by atomic mass is 10.3. The Balaban J connectivity index is 1.85. The number of benzene rings is 1. The van der Waals surface area contributed by atoms with Gasteiger partial charge in [0, 0.05) is 31.2 Å².